The SMILES string of the molecule is CCOCCN1CCN(CC2CCCCO2)CC1CC. The van der Waals surface area contributed by atoms with Gasteiger partial charge in [0.2, 0.25) is 0 Å². The summed E-state index contributed by atoms with van der Waals surface area (Å²) in [6.07, 6.45) is 5.56. The van der Waals surface area contributed by atoms with Crippen LogP contribution in [0.1, 0.15) is 39.5 Å². The van der Waals surface area contributed by atoms with Crippen molar-refractivity contribution in [3.05, 3.63) is 0 Å². The van der Waals surface area contributed by atoms with Gasteiger partial charge in [-0.05, 0) is 32.6 Å². The maximum absolute atomic E-state index is 5.88. The zero-order chi connectivity index (χ0) is 14.2. The van der Waals surface area contributed by atoms with E-state index in [1.54, 1.807) is 0 Å². The number of hydrogen-bond donors (Lipinski definition) is 0. The lowest BCUT2D eigenvalue weighted by Crippen LogP contribution is -2.55. The molecule has 20 heavy (non-hydrogen) atoms. The summed E-state index contributed by atoms with van der Waals surface area (Å²) >= 11 is 0. The first-order chi connectivity index (χ1) is 9.83. The van der Waals surface area contributed by atoms with Gasteiger partial charge in [0.05, 0.1) is 12.7 Å². The van der Waals surface area contributed by atoms with E-state index in [1.807, 2.05) is 0 Å². The van der Waals surface area contributed by atoms with E-state index in [-0.39, 0.29) is 0 Å². The monoisotopic (exact) mass is 284 g/mol. The van der Waals surface area contributed by atoms with Crippen LogP contribution in [0.15, 0.2) is 0 Å². The molecule has 2 saturated heterocycles. The lowest BCUT2D eigenvalue weighted by molar-refractivity contribution is -0.0260. The molecular formula is C16H32N2O2. The van der Waals surface area contributed by atoms with Crippen molar-refractivity contribution in [3.8, 4) is 0 Å². The molecule has 0 aromatic rings. The molecule has 2 fully saturated rings. The van der Waals surface area contributed by atoms with Gasteiger partial charge in [-0.3, -0.25) is 9.80 Å². The standard InChI is InChI=1S/C16H32N2O2/c1-3-15-13-17(14-16-7-5-6-11-20-16)8-9-18(15)10-12-19-4-2/h15-16H,3-14H2,1-2H3. The lowest BCUT2D eigenvalue weighted by atomic mass is 10.1. The summed E-state index contributed by atoms with van der Waals surface area (Å²) < 4.78 is 11.4. The number of hydrogen-bond acceptors (Lipinski definition) is 4. The van der Waals surface area contributed by atoms with Crippen molar-refractivity contribution < 1.29 is 9.47 Å². The molecule has 4 nitrogen and oxygen atoms in total. The predicted octanol–water partition coefficient (Wildman–Crippen LogP) is 1.99. The zero-order valence-corrected chi connectivity index (χ0v) is 13.4. The fourth-order valence-electron chi connectivity index (χ4n) is 3.37. The second-order valence-electron chi connectivity index (χ2n) is 6.04. The Kier molecular flexibility index (Phi) is 7.28. The molecule has 2 atom stereocenters. The number of rotatable bonds is 7. The van der Waals surface area contributed by atoms with E-state index in [2.05, 4.69) is 23.6 Å². The maximum Gasteiger partial charge on any atom is 0.0702 e. The molecule has 2 unspecified atom stereocenters. The molecule has 0 aliphatic carbocycles. The van der Waals surface area contributed by atoms with Gasteiger partial charge in [-0.1, -0.05) is 6.92 Å². The summed E-state index contributed by atoms with van der Waals surface area (Å²) in [6, 6.07) is 0.688. The summed E-state index contributed by atoms with van der Waals surface area (Å²) in [4.78, 5) is 5.22. The average molecular weight is 284 g/mol. The van der Waals surface area contributed by atoms with Crippen LogP contribution >= 0.6 is 0 Å². The van der Waals surface area contributed by atoms with Gasteiger partial charge >= 0.3 is 0 Å². The zero-order valence-electron chi connectivity index (χ0n) is 13.4. The van der Waals surface area contributed by atoms with E-state index in [1.165, 1.54) is 45.3 Å². The molecule has 0 bridgehead atoms. The fourth-order valence-corrected chi connectivity index (χ4v) is 3.37. The Bertz CT molecular complexity index is 257. The van der Waals surface area contributed by atoms with Crippen molar-refractivity contribution in [2.75, 3.05) is 52.5 Å². The Morgan fingerprint density at radius 3 is 2.80 bits per heavy atom. The first-order valence-electron chi connectivity index (χ1n) is 8.49. The topological polar surface area (TPSA) is 24.9 Å². The summed E-state index contributed by atoms with van der Waals surface area (Å²) in [6.45, 7) is 12.8. The molecule has 4 heteroatoms. The molecular weight excluding hydrogens is 252 g/mol. The Morgan fingerprint density at radius 2 is 2.10 bits per heavy atom. The van der Waals surface area contributed by atoms with Gasteiger partial charge in [0.25, 0.3) is 0 Å². The largest absolute Gasteiger partial charge is 0.380 e. The van der Waals surface area contributed by atoms with Gasteiger partial charge in [-0.2, -0.15) is 0 Å². The molecule has 2 aliphatic rings. The third-order valence-corrected chi connectivity index (χ3v) is 4.62. The van der Waals surface area contributed by atoms with E-state index < -0.39 is 0 Å². The van der Waals surface area contributed by atoms with Crippen LogP contribution in [0.3, 0.4) is 0 Å². The summed E-state index contributed by atoms with van der Waals surface area (Å²) in [5.41, 5.74) is 0. The van der Waals surface area contributed by atoms with Crippen molar-refractivity contribution >= 4 is 0 Å². The van der Waals surface area contributed by atoms with E-state index in [9.17, 15) is 0 Å². The van der Waals surface area contributed by atoms with Crippen molar-refractivity contribution in [1.82, 2.24) is 9.80 Å². The molecule has 0 N–H and O–H groups in total. The number of nitrogens with zero attached hydrogens (tertiary/aromatic N) is 2. The van der Waals surface area contributed by atoms with Gasteiger partial charge in [0.15, 0.2) is 0 Å². The molecule has 0 aromatic heterocycles. The van der Waals surface area contributed by atoms with E-state index in [4.69, 9.17) is 9.47 Å². The highest BCUT2D eigenvalue weighted by Crippen LogP contribution is 2.17. The normalized spacial score (nSPS) is 29.7. The van der Waals surface area contributed by atoms with Crippen molar-refractivity contribution in [2.45, 2.75) is 51.7 Å². The van der Waals surface area contributed by atoms with Crippen molar-refractivity contribution in [3.63, 3.8) is 0 Å². The molecule has 2 aliphatic heterocycles. The van der Waals surface area contributed by atoms with Crippen LogP contribution in [0, 0.1) is 0 Å². The maximum atomic E-state index is 5.88. The van der Waals surface area contributed by atoms with Crippen LogP contribution in [0.25, 0.3) is 0 Å². The number of ether oxygens (including phenoxy) is 2. The third kappa shape index (κ3) is 4.99. The first kappa shape index (κ1) is 16.2. The van der Waals surface area contributed by atoms with Crippen LogP contribution in [0.5, 0.6) is 0 Å². The average Bonchev–Trinajstić information content (AvgIpc) is 2.50. The van der Waals surface area contributed by atoms with Crippen LogP contribution in [0.2, 0.25) is 0 Å². The third-order valence-electron chi connectivity index (χ3n) is 4.62. The van der Waals surface area contributed by atoms with Crippen LogP contribution < -0.4 is 0 Å². The highest BCUT2D eigenvalue weighted by atomic mass is 16.5. The van der Waals surface area contributed by atoms with Gasteiger partial charge < -0.3 is 9.47 Å². The summed E-state index contributed by atoms with van der Waals surface area (Å²) in [5.74, 6) is 0. The molecule has 118 valence electrons. The van der Waals surface area contributed by atoms with E-state index in [0.29, 0.717) is 12.1 Å². The first-order valence-corrected chi connectivity index (χ1v) is 8.49. The molecule has 2 rings (SSSR count). The van der Waals surface area contributed by atoms with Gasteiger partial charge in [-0.15, -0.1) is 0 Å². The second-order valence-corrected chi connectivity index (χ2v) is 6.04. The number of piperazine rings is 1. The van der Waals surface area contributed by atoms with E-state index >= 15 is 0 Å². The van der Waals surface area contributed by atoms with Crippen molar-refractivity contribution in [1.29, 1.82) is 0 Å². The summed E-state index contributed by atoms with van der Waals surface area (Å²) in [5, 5.41) is 0. The Balaban J connectivity index is 1.72. The van der Waals surface area contributed by atoms with Crippen molar-refractivity contribution in [2.24, 2.45) is 0 Å². The van der Waals surface area contributed by atoms with Gasteiger partial charge in [-0.25, -0.2) is 0 Å². The quantitative estimate of drug-likeness (QED) is 0.668. The minimum atomic E-state index is 0.483. The fraction of sp³-hybridized carbons (Fsp3) is 1.00. The van der Waals surface area contributed by atoms with E-state index in [0.717, 1.165) is 32.9 Å². The van der Waals surface area contributed by atoms with Gasteiger partial charge in [0, 0.05) is 52.0 Å². The molecule has 2 heterocycles. The highest BCUT2D eigenvalue weighted by molar-refractivity contribution is 4.83. The molecule has 0 aromatic carbocycles. The molecule has 0 radical (unpaired) electrons. The Labute approximate surface area is 124 Å². The molecule has 0 saturated carbocycles. The second kappa shape index (κ2) is 8.98. The lowest BCUT2D eigenvalue weighted by Gasteiger charge is -2.42. The Hall–Kier alpha value is -0.160. The van der Waals surface area contributed by atoms with Crippen LogP contribution in [-0.4, -0.2) is 74.5 Å². The smallest absolute Gasteiger partial charge is 0.0702 e. The minimum absolute atomic E-state index is 0.483. The Morgan fingerprint density at radius 1 is 1.20 bits per heavy atom. The highest BCUT2D eigenvalue weighted by Gasteiger charge is 2.27. The molecule has 0 spiro atoms. The molecule has 0 amide bonds. The van der Waals surface area contributed by atoms with Crippen LogP contribution in [-0.2, 0) is 9.47 Å². The predicted molar refractivity (Wildman–Crippen MR) is 82.2 cm³/mol. The minimum Gasteiger partial charge on any atom is -0.380 e. The summed E-state index contributed by atoms with van der Waals surface area (Å²) in [7, 11) is 0. The van der Waals surface area contributed by atoms with Crippen LogP contribution in [0.4, 0.5) is 0 Å². The van der Waals surface area contributed by atoms with Gasteiger partial charge in [0.1, 0.15) is 0 Å².